The fourth-order valence-electron chi connectivity index (χ4n) is 0.986. The van der Waals surface area contributed by atoms with Gasteiger partial charge in [-0.15, -0.1) is 0 Å². The Labute approximate surface area is 83.4 Å². The summed E-state index contributed by atoms with van der Waals surface area (Å²) in [5.74, 6) is 0.563. The van der Waals surface area contributed by atoms with Crippen LogP contribution in [0.3, 0.4) is 0 Å². The number of ether oxygens (including phenoxy) is 1. The summed E-state index contributed by atoms with van der Waals surface area (Å²) in [5, 5.41) is 15.3. The zero-order valence-corrected chi connectivity index (χ0v) is 8.56. The Bertz CT molecular complexity index is 335. The van der Waals surface area contributed by atoms with E-state index < -0.39 is 0 Å². The van der Waals surface area contributed by atoms with Crippen LogP contribution in [0.5, 0.6) is 11.5 Å². The molecule has 4 nitrogen and oxygen atoms in total. The number of benzene rings is 1. The predicted octanol–water partition coefficient (Wildman–Crippen LogP) is 1.30. The van der Waals surface area contributed by atoms with Crippen LogP contribution in [0, 0.1) is 0 Å². The van der Waals surface area contributed by atoms with Crippen molar-refractivity contribution < 1.29 is 9.84 Å². The molecule has 0 fully saturated rings. The van der Waals surface area contributed by atoms with Crippen LogP contribution >= 0.6 is 0 Å². The monoisotopic (exact) mass is 194 g/mol. The molecule has 0 bridgehead atoms. The van der Waals surface area contributed by atoms with Gasteiger partial charge in [0.25, 0.3) is 0 Å². The number of methoxy groups -OCH3 is 1. The van der Waals surface area contributed by atoms with Gasteiger partial charge >= 0.3 is 0 Å². The summed E-state index contributed by atoms with van der Waals surface area (Å²) in [7, 11) is 5.14. The number of phenolic OH excluding ortho intramolecular Hbond substituents is 1. The van der Waals surface area contributed by atoms with Crippen LogP contribution in [-0.2, 0) is 0 Å². The third-order valence-electron chi connectivity index (χ3n) is 1.68. The maximum atomic E-state index is 9.67. The first-order chi connectivity index (χ1) is 6.65. The largest absolute Gasteiger partial charge is 0.504 e. The third-order valence-corrected chi connectivity index (χ3v) is 1.68. The molecule has 0 aromatic heterocycles. The maximum Gasteiger partial charge on any atom is 0.166 e. The number of hydrogen-bond acceptors (Lipinski definition) is 4. The van der Waals surface area contributed by atoms with Gasteiger partial charge in [0.2, 0.25) is 0 Å². The van der Waals surface area contributed by atoms with Gasteiger partial charge in [-0.3, -0.25) is 0 Å². The molecule has 0 heterocycles. The van der Waals surface area contributed by atoms with Gasteiger partial charge in [0.1, 0.15) is 0 Å². The lowest BCUT2D eigenvalue weighted by atomic mass is 10.2. The Hall–Kier alpha value is -1.71. The summed E-state index contributed by atoms with van der Waals surface area (Å²) in [5.41, 5.74) is 0.637. The van der Waals surface area contributed by atoms with Crippen molar-refractivity contribution in [2.24, 2.45) is 5.10 Å². The first kappa shape index (κ1) is 10.4. The lowest BCUT2D eigenvalue weighted by molar-refractivity contribution is 0.373. The summed E-state index contributed by atoms with van der Waals surface area (Å²) in [6.07, 6.45) is 1.58. The Morgan fingerprint density at radius 2 is 2.14 bits per heavy atom. The summed E-state index contributed by atoms with van der Waals surface area (Å²) in [4.78, 5) is 0. The number of hydrogen-bond donors (Lipinski definition) is 1. The van der Waals surface area contributed by atoms with E-state index >= 15 is 0 Å². The minimum absolute atomic E-state index is 0.112. The van der Waals surface area contributed by atoms with Crippen LogP contribution in [0.25, 0.3) is 0 Å². The van der Waals surface area contributed by atoms with Crippen molar-refractivity contribution in [3.05, 3.63) is 23.8 Å². The van der Waals surface area contributed by atoms with Gasteiger partial charge in [0.05, 0.1) is 13.3 Å². The molecule has 1 aromatic rings. The van der Waals surface area contributed by atoms with Crippen molar-refractivity contribution in [2.75, 3.05) is 21.2 Å². The molecule has 0 amide bonds. The van der Waals surface area contributed by atoms with Crippen LogP contribution in [0.2, 0.25) is 0 Å². The highest BCUT2D eigenvalue weighted by Gasteiger charge is 2.04. The van der Waals surface area contributed by atoms with E-state index in [1.165, 1.54) is 7.11 Å². The van der Waals surface area contributed by atoms with Gasteiger partial charge in [-0.25, -0.2) is 0 Å². The lowest BCUT2D eigenvalue weighted by Crippen LogP contribution is -2.02. The van der Waals surface area contributed by atoms with Crippen LogP contribution in [0.4, 0.5) is 0 Å². The molecule has 0 aliphatic heterocycles. The zero-order chi connectivity index (χ0) is 10.6. The van der Waals surface area contributed by atoms with Crippen molar-refractivity contribution >= 4 is 6.21 Å². The molecule has 4 heteroatoms. The second-order valence-electron chi connectivity index (χ2n) is 2.99. The standard InChI is InChI=1S/C10H14N2O2/c1-12(2)11-7-8-5-4-6-9(14-3)10(8)13/h4-7,13H,1-3H3. The van der Waals surface area contributed by atoms with Gasteiger partial charge in [-0.2, -0.15) is 5.10 Å². The second kappa shape index (κ2) is 4.50. The number of phenols is 1. The van der Waals surface area contributed by atoms with Crippen molar-refractivity contribution in [3.63, 3.8) is 0 Å². The molecule has 76 valence electrons. The van der Waals surface area contributed by atoms with Crippen LogP contribution < -0.4 is 4.74 Å². The molecule has 0 atom stereocenters. The highest BCUT2D eigenvalue weighted by molar-refractivity contribution is 5.84. The highest BCUT2D eigenvalue weighted by atomic mass is 16.5. The average molecular weight is 194 g/mol. The van der Waals surface area contributed by atoms with Crippen molar-refractivity contribution in [3.8, 4) is 11.5 Å². The summed E-state index contributed by atoms with van der Waals surface area (Å²) < 4.78 is 4.97. The Morgan fingerprint density at radius 1 is 1.43 bits per heavy atom. The normalized spacial score (nSPS) is 10.5. The predicted molar refractivity (Wildman–Crippen MR) is 55.9 cm³/mol. The summed E-state index contributed by atoms with van der Waals surface area (Å²) >= 11 is 0. The number of para-hydroxylation sites is 1. The molecular formula is C10H14N2O2. The molecule has 0 aliphatic rings. The van der Waals surface area contributed by atoms with Gasteiger partial charge in [0, 0.05) is 19.7 Å². The van der Waals surface area contributed by atoms with E-state index in [1.807, 2.05) is 14.1 Å². The lowest BCUT2D eigenvalue weighted by Gasteiger charge is -2.06. The first-order valence-corrected chi connectivity index (χ1v) is 4.22. The molecule has 0 saturated carbocycles. The van der Waals surface area contributed by atoms with E-state index in [9.17, 15) is 5.11 Å². The fraction of sp³-hybridized carbons (Fsp3) is 0.300. The van der Waals surface area contributed by atoms with Crippen LogP contribution in [0.1, 0.15) is 5.56 Å². The quantitative estimate of drug-likeness (QED) is 0.582. The molecule has 0 unspecified atom stereocenters. The third kappa shape index (κ3) is 2.39. The van der Waals surface area contributed by atoms with E-state index in [-0.39, 0.29) is 5.75 Å². The Kier molecular flexibility index (Phi) is 3.34. The molecule has 14 heavy (non-hydrogen) atoms. The van der Waals surface area contributed by atoms with E-state index in [2.05, 4.69) is 5.10 Å². The minimum Gasteiger partial charge on any atom is -0.504 e. The van der Waals surface area contributed by atoms with Gasteiger partial charge in [0.15, 0.2) is 11.5 Å². The maximum absolute atomic E-state index is 9.67. The first-order valence-electron chi connectivity index (χ1n) is 4.22. The number of nitrogens with zero attached hydrogens (tertiary/aromatic N) is 2. The molecular weight excluding hydrogens is 180 g/mol. The van der Waals surface area contributed by atoms with E-state index in [4.69, 9.17) is 4.74 Å². The average Bonchev–Trinajstić information content (AvgIpc) is 2.16. The molecule has 1 rings (SSSR count). The fourth-order valence-corrected chi connectivity index (χ4v) is 0.986. The van der Waals surface area contributed by atoms with Gasteiger partial charge < -0.3 is 14.9 Å². The molecule has 1 aromatic carbocycles. The summed E-state index contributed by atoms with van der Waals surface area (Å²) in [6.45, 7) is 0. The molecule has 1 N–H and O–H groups in total. The van der Waals surface area contributed by atoms with Crippen LogP contribution in [0.15, 0.2) is 23.3 Å². The van der Waals surface area contributed by atoms with E-state index in [1.54, 1.807) is 29.4 Å². The molecule has 0 spiro atoms. The molecule has 0 radical (unpaired) electrons. The molecule has 0 aliphatic carbocycles. The number of rotatable bonds is 3. The Morgan fingerprint density at radius 3 is 2.71 bits per heavy atom. The minimum atomic E-state index is 0.112. The zero-order valence-electron chi connectivity index (χ0n) is 8.56. The van der Waals surface area contributed by atoms with E-state index in [0.29, 0.717) is 11.3 Å². The number of aromatic hydroxyl groups is 1. The van der Waals surface area contributed by atoms with Crippen LogP contribution in [-0.4, -0.2) is 37.5 Å². The molecule has 0 saturated heterocycles. The number of hydrazone groups is 1. The van der Waals surface area contributed by atoms with Gasteiger partial charge in [-0.05, 0) is 12.1 Å². The highest BCUT2D eigenvalue weighted by Crippen LogP contribution is 2.27. The van der Waals surface area contributed by atoms with E-state index in [0.717, 1.165) is 0 Å². The SMILES string of the molecule is COc1cccc(C=NN(C)C)c1O. The second-order valence-corrected chi connectivity index (χ2v) is 2.99. The van der Waals surface area contributed by atoms with Crippen molar-refractivity contribution in [2.45, 2.75) is 0 Å². The smallest absolute Gasteiger partial charge is 0.166 e. The Balaban J connectivity index is 2.98. The van der Waals surface area contributed by atoms with Gasteiger partial charge in [-0.1, -0.05) is 6.07 Å². The topological polar surface area (TPSA) is 45.1 Å². The summed E-state index contributed by atoms with van der Waals surface area (Å²) in [6, 6.07) is 5.27. The van der Waals surface area contributed by atoms with Crippen molar-refractivity contribution in [1.82, 2.24) is 5.01 Å². The van der Waals surface area contributed by atoms with Crippen molar-refractivity contribution in [1.29, 1.82) is 0 Å².